The van der Waals surface area contributed by atoms with Gasteiger partial charge in [-0.2, -0.15) is 0 Å². The number of aromatic nitrogens is 1. The molecule has 2 aliphatic carbocycles. The van der Waals surface area contributed by atoms with Gasteiger partial charge in [-0.1, -0.05) is 43.1 Å². The molecule has 0 bridgehead atoms. The molecule has 0 fully saturated rings. The summed E-state index contributed by atoms with van der Waals surface area (Å²) in [6.45, 7) is 5.50. The van der Waals surface area contributed by atoms with Crippen LogP contribution in [0.4, 0.5) is 0 Å². The van der Waals surface area contributed by atoms with Crippen LogP contribution in [0.2, 0.25) is 0 Å². The van der Waals surface area contributed by atoms with Gasteiger partial charge in [0.1, 0.15) is 0 Å². The van der Waals surface area contributed by atoms with E-state index in [0.29, 0.717) is 44.1 Å². The summed E-state index contributed by atoms with van der Waals surface area (Å²) in [7, 11) is 0. The SMILES string of the molecule is CC[C@H]1C#C[C@H]2C=C[C@H](c3ccc(O)c(OCC[C@H](Cc4ccc[nH]4)C4=CCNC(N)=C4)c3)C[C@@H](O)[C@H]2[C@@H](O)CC[C@H](NC[C@H](C)O)C1. The standard InChI is InChI=1S/C39H54N4O5/c1-3-26-6-7-27-8-9-28(21-36(47)39(27)35(46)13-11-33(19-26)43-24-25(2)44)29-10-12-34(45)37(22-29)48-18-15-31(20-32-5-4-16-41-32)30-14-17-42-38(40)23-30/h4-5,8-10,12,14,16,22-23,25-28,31,33,35-36,39,41-47H,3,11,13,15,17-21,24,40H2,1-2H3/t25-,26-,27-,28-,31+,33-,35-,36+,39+/m0/s1. The first-order chi connectivity index (χ1) is 23.2. The lowest BCUT2D eigenvalue weighted by molar-refractivity contribution is -0.00825. The molecule has 0 saturated heterocycles. The van der Waals surface area contributed by atoms with Crippen molar-refractivity contribution in [1.29, 1.82) is 0 Å². The summed E-state index contributed by atoms with van der Waals surface area (Å²) in [5, 5.41) is 50.1. The first kappa shape index (κ1) is 35.6. The third-order valence-corrected chi connectivity index (χ3v) is 10.1. The number of dihydropyridines is 1. The number of nitrogens with one attached hydrogen (secondary N) is 3. The largest absolute Gasteiger partial charge is 0.504 e. The highest BCUT2D eigenvalue weighted by Crippen LogP contribution is 2.39. The zero-order valence-corrected chi connectivity index (χ0v) is 28.3. The van der Waals surface area contributed by atoms with Crippen molar-refractivity contribution in [3.8, 4) is 23.3 Å². The Bertz CT molecular complexity index is 1470. The molecule has 0 amide bonds. The quantitative estimate of drug-likeness (QED) is 0.125. The minimum absolute atomic E-state index is 0.0721. The first-order valence-corrected chi connectivity index (χ1v) is 17.7. The van der Waals surface area contributed by atoms with Crippen LogP contribution >= 0.6 is 0 Å². The second-order valence-electron chi connectivity index (χ2n) is 13.8. The van der Waals surface area contributed by atoms with Crippen molar-refractivity contribution in [3.63, 3.8) is 0 Å². The summed E-state index contributed by atoms with van der Waals surface area (Å²) in [6, 6.07) is 9.62. The summed E-state index contributed by atoms with van der Waals surface area (Å²) in [6.07, 6.45) is 13.3. The Morgan fingerprint density at radius 1 is 1.10 bits per heavy atom. The molecular weight excluding hydrogens is 604 g/mol. The molecule has 48 heavy (non-hydrogen) atoms. The van der Waals surface area contributed by atoms with Crippen LogP contribution in [-0.4, -0.2) is 69.5 Å². The lowest BCUT2D eigenvalue weighted by atomic mass is 9.78. The normalized spacial score (nSPS) is 28.7. The Kier molecular flexibility index (Phi) is 12.7. The number of rotatable bonds is 12. The van der Waals surface area contributed by atoms with Crippen molar-refractivity contribution in [2.75, 3.05) is 19.7 Å². The Morgan fingerprint density at radius 2 is 1.96 bits per heavy atom. The van der Waals surface area contributed by atoms with Crippen LogP contribution in [0.3, 0.4) is 0 Å². The van der Waals surface area contributed by atoms with Gasteiger partial charge in [-0.25, -0.2) is 0 Å². The zero-order valence-electron chi connectivity index (χ0n) is 28.3. The fourth-order valence-electron chi connectivity index (χ4n) is 7.29. The van der Waals surface area contributed by atoms with Crippen molar-refractivity contribution >= 4 is 0 Å². The topological polar surface area (TPSA) is 156 Å². The maximum Gasteiger partial charge on any atom is 0.161 e. The molecule has 0 saturated carbocycles. The highest BCUT2D eigenvalue weighted by molar-refractivity contribution is 5.44. The van der Waals surface area contributed by atoms with Gasteiger partial charge in [-0.05, 0) is 99.3 Å². The number of aromatic amines is 1. The van der Waals surface area contributed by atoms with Gasteiger partial charge >= 0.3 is 0 Å². The van der Waals surface area contributed by atoms with E-state index in [-0.39, 0.29) is 35.5 Å². The average molecular weight is 659 g/mol. The summed E-state index contributed by atoms with van der Waals surface area (Å²) < 4.78 is 6.21. The number of hydrogen-bond acceptors (Lipinski definition) is 8. The number of phenolic OH excluding ortho intramolecular Hbond substituents is 1. The van der Waals surface area contributed by atoms with E-state index >= 15 is 0 Å². The third-order valence-electron chi connectivity index (χ3n) is 10.1. The highest BCUT2D eigenvalue weighted by atomic mass is 16.5. The Hall–Kier alpha value is -3.68. The van der Waals surface area contributed by atoms with Crippen LogP contribution < -0.4 is 21.1 Å². The van der Waals surface area contributed by atoms with E-state index < -0.39 is 24.2 Å². The predicted octanol–water partition coefficient (Wildman–Crippen LogP) is 4.23. The van der Waals surface area contributed by atoms with Gasteiger partial charge in [0.15, 0.2) is 11.5 Å². The van der Waals surface area contributed by atoms with Crippen molar-refractivity contribution in [2.24, 2.45) is 29.4 Å². The number of hydrogen-bond donors (Lipinski definition) is 8. The zero-order chi connectivity index (χ0) is 34.0. The number of aromatic hydroxyl groups is 1. The molecule has 0 unspecified atom stereocenters. The molecule has 0 spiro atoms. The lowest BCUT2D eigenvalue weighted by Crippen LogP contribution is -2.40. The summed E-state index contributed by atoms with van der Waals surface area (Å²) >= 11 is 0. The maximum atomic E-state index is 11.6. The minimum Gasteiger partial charge on any atom is -0.504 e. The molecule has 1 aromatic heterocycles. The second kappa shape index (κ2) is 17.1. The number of fused-ring (bicyclic) bond motifs is 1. The van der Waals surface area contributed by atoms with Gasteiger partial charge in [0.25, 0.3) is 0 Å². The molecular formula is C39H54N4O5. The van der Waals surface area contributed by atoms with E-state index in [9.17, 15) is 20.4 Å². The number of nitrogens with two attached hydrogens (primary N) is 1. The highest BCUT2D eigenvalue weighted by Gasteiger charge is 2.37. The number of aliphatic hydroxyl groups excluding tert-OH is 3. The van der Waals surface area contributed by atoms with Crippen molar-refractivity contribution in [1.82, 2.24) is 15.6 Å². The number of aliphatic hydroxyl groups is 3. The number of phenols is 1. The van der Waals surface area contributed by atoms with Crippen molar-refractivity contribution in [2.45, 2.75) is 89.1 Å². The van der Waals surface area contributed by atoms with Crippen LogP contribution in [0.25, 0.3) is 0 Å². The number of benzene rings is 1. The Balaban J connectivity index is 1.29. The molecule has 9 N–H and O–H groups in total. The smallest absolute Gasteiger partial charge is 0.161 e. The second-order valence-corrected chi connectivity index (χ2v) is 13.8. The third kappa shape index (κ3) is 9.70. The molecule has 260 valence electrons. The van der Waals surface area contributed by atoms with Gasteiger partial charge in [0.05, 0.1) is 30.7 Å². The van der Waals surface area contributed by atoms with Gasteiger partial charge in [-0.15, -0.1) is 0 Å². The monoisotopic (exact) mass is 658 g/mol. The molecule has 9 atom stereocenters. The van der Waals surface area contributed by atoms with Crippen LogP contribution in [-0.2, 0) is 6.42 Å². The van der Waals surface area contributed by atoms with E-state index in [1.165, 1.54) is 5.57 Å². The molecule has 9 nitrogen and oxygen atoms in total. The summed E-state index contributed by atoms with van der Waals surface area (Å²) in [5.74, 6) is 7.60. The fourth-order valence-corrected chi connectivity index (χ4v) is 7.29. The molecule has 1 aromatic carbocycles. The molecule has 5 rings (SSSR count). The van der Waals surface area contributed by atoms with E-state index in [1.54, 1.807) is 13.0 Å². The molecule has 2 aromatic rings. The molecule has 2 heterocycles. The van der Waals surface area contributed by atoms with Gasteiger partial charge in [0.2, 0.25) is 0 Å². The van der Waals surface area contributed by atoms with E-state index in [1.807, 2.05) is 30.5 Å². The van der Waals surface area contributed by atoms with Gasteiger partial charge < -0.3 is 46.5 Å². The Labute approximate surface area is 285 Å². The number of ether oxygens (including phenoxy) is 1. The number of H-pyrrole nitrogens is 1. The van der Waals surface area contributed by atoms with Crippen LogP contribution in [0.1, 0.15) is 69.5 Å². The van der Waals surface area contributed by atoms with Gasteiger partial charge in [-0.3, -0.25) is 0 Å². The molecule has 3 aliphatic rings. The molecule has 0 radical (unpaired) electrons. The first-order valence-electron chi connectivity index (χ1n) is 17.7. The van der Waals surface area contributed by atoms with E-state index in [2.05, 4.69) is 58.7 Å². The fraction of sp³-hybridized carbons (Fsp3) is 0.538. The minimum atomic E-state index is -0.770. The van der Waals surface area contributed by atoms with Crippen molar-refractivity contribution < 1.29 is 25.2 Å². The maximum absolute atomic E-state index is 11.6. The van der Waals surface area contributed by atoms with Crippen LogP contribution in [0.15, 0.2) is 72.2 Å². The van der Waals surface area contributed by atoms with E-state index in [0.717, 1.165) is 43.4 Å². The van der Waals surface area contributed by atoms with E-state index in [4.69, 9.17) is 10.5 Å². The van der Waals surface area contributed by atoms with Gasteiger partial charge in [0, 0.05) is 54.7 Å². The summed E-state index contributed by atoms with van der Waals surface area (Å²) in [5.41, 5.74) is 9.32. The summed E-state index contributed by atoms with van der Waals surface area (Å²) in [4.78, 5) is 3.30. The van der Waals surface area contributed by atoms with Crippen molar-refractivity contribution in [3.05, 3.63) is 83.5 Å². The van der Waals surface area contributed by atoms with Crippen LogP contribution in [0.5, 0.6) is 11.5 Å². The lowest BCUT2D eigenvalue weighted by Gasteiger charge is -2.32. The predicted molar refractivity (Wildman–Crippen MR) is 189 cm³/mol. The Morgan fingerprint density at radius 3 is 2.71 bits per heavy atom. The van der Waals surface area contributed by atoms with Crippen LogP contribution in [0, 0.1) is 35.5 Å². The molecule has 1 aliphatic heterocycles. The average Bonchev–Trinajstić information content (AvgIpc) is 3.52. The number of allylic oxidation sites excluding steroid dienone is 4. The molecule has 9 heteroatoms.